The van der Waals surface area contributed by atoms with Gasteiger partial charge < -0.3 is 20.8 Å². The zero-order valence-electron chi connectivity index (χ0n) is 15.9. The number of benzene rings is 1. The number of aliphatic hydroxyl groups is 2. The number of nitrogens with two attached hydrogens (primary N) is 1. The molecule has 6 N–H and O–H groups in total. The van der Waals surface area contributed by atoms with E-state index in [2.05, 4.69) is 24.8 Å². The minimum absolute atomic E-state index is 0.285. The highest BCUT2D eigenvalue weighted by molar-refractivity contribution is 7.84. The maximum Gasteiger partial charge on any atom is 0.333 e. The fraction of sp³-hybridized carbons (Fsp3) is 0.444. The molecule has 0 amide bonds. The lowest BCUT2D eigenvalue weighted by molar-refractivity contribution is 0.00778. The zero-order chi connectivity index (χ0) is 21.0. The van der Waals surface area contributed by atoms with Gasteiger partial charge in [-0.15, -0.1) is 0 Å². The van der Waals surface area contributed by atoms with Crippen molar-refractivity contribution in [3.8, 4) is 0 Å². The van der Waals surface area contributed by atoms with E-state index in [4.69, 9.17) is 5.14 Å². The number of anilines is 2. The van der Waals surface area contributed by atoms with Crippen LogP contribution in [0.5, 0.6) is 0 Å². The van der Waals surface area contributed by atoms with E-state index in [1.54, 1.807) is 13.0 Å². The normalized spacial score (nSPS) is 24.4. The molecule has 0 aliphatic heterocycles. The van der Waals surface area contributed by atoms with Crippen molar-refractivity contribution < 1.29 is 22.8 Å². The number of aliphatic hydroxyl groups excluding tert-OH is 2. The molecule has 1 aliphatic rings. The molecule has 1 saturated carbocycles. The van der Waals surface area contributed by atoms with E-state index in [-0.39, 0.29) is 13.0 Å². The zero-order valence-corrected chi connectivity index (χ0v) is 16.7. The molecule has 158 valence electrons. The molecule has 1 aromatic heterocycles. The first-order chi connectivity index (χ1) is 13.7. The molecule has 0 spiro atoms. The van der Waals surface area contributed by atoms with Crippen LogP contribution in [0.15, 0.2) is 36.4 Å². The number of aromatic nitrogens is 2. The van der Waals surface area contributed by atoms with Crippen LogP contribution in [0.25, 0.3) is 0 Å². The number of nitrogens with zero attached hydrogens (tertiary/aromatic N) is 2. The van der Waals surface area contributed by atoms with E-state index in [0.717, 1.165) is 5.56 Å². The first-order valence-electron chi connectivity index (χ1n) is 9.14. The minimum Gasteiger partial charge on any atom is -0.390 e. The fourth-order valence-corrected chi connectivity index (χ4v) is 3.69. The van der Waals surface area contributed by atoms with Gasteiger partial charge in [0.25, 0.3) is 0 Å². The monoisotopic (exact) mass is 423 g/mol. The summed E-state index contributed by atoms with van der Waals surface area (Å²) < 4.78 is 26.5. The molecule has 0 unspecified atom stereocenters. The van der Waals surface area contributed by atoms with Crippen LogP contribution < -0.4 is 15.8 Å². The highest BCUT2D eigenvalue weighted by Crippen LogP contribution is 2.29. The largest absolute Gasteiger partial charge is 0.390 e. The highest BCUT2D eigenvalue weighted by Gasteiger charge is 2.42. The Hall–Kier alpha value is -2.31. The van der Waals surface area contributed by atoms with E-state index < -0.39 is 34.5 Å². The summed E-state index contributed by atoms with van der Waals surface area (Å²) in [5.41, 5.74) is 1.10. The van der Waals surface area contributed by atoms with Crippen LogP contribution in [0, 0.1) is 12.8 Å². The number of hydrogen-bond donors (Lipinski definition) is 5. The third-order valence-corrected chi connectivity index (χ3v) is 5.20. The smallest absolute Gasteiger partial charge is 0.333 e. The molecule has 0 radical (unpaired) electrons. The van der Waals surface area contributed by atoms with Gasteiger partial charge in [0.2, 0.25) is 0 Å². The van der Waals surface area contributed by atoms with Gasteiger partial charge in [0.1, 0.15) is 23.6 Å². The molecule has 29 heavy (non-hydrogen) atoms. The van der Waals surface area contributed by atoms with Crippen LogP contribution in [-0.2, 0) is 21.0 Å². The van der Waals surface area contributed by atoms with Gasteiger partial charge in [0.15, 0.2) is 0 Å². The Kier molecular flexibility index (Phi) is 6.65. The number of nitrogens with one attached hydrogen (secondary N) is 2. The summed E-state index contributed by atoms with van der Waals surface area (Å²) in [6.07, 6.45) is -1.97. The second-order valence-corrected chi connectivity index (χ2v) is 8.25. The van der Waals surface area contributed by atoms with Crippen LogP contribution in [0.3, 0.4) is 0 Å². The third-order valence-electron chi connectivity index (χ3n) is 4.74. The molecule has 0 bridgehead atoms. The average Bonchev–Trinajstić information content (AvgIpc) is 2.92. The number of hydrogen-bond acceptors (Lipinski definition) is 9. The Morgan fingerprint density at radius 1 is 1.17 bits per heavy atom. The van der Waals surface area contributed by atoms with E-state index >= 15 is 0 Å². The molecule has 1 heterocycles. The van der Waals surface area contributed by atoms with Gasteiger partial charge in [-0.2, -0.15) is 8.42 Å². The SMILES string of the molecule is Cc1nc(NCc2ccccc2)cc(N[C@@H]2C[C@H](COS(N)(=O)=O)[C@@H](O)[C@H]2O)n1. The Morgan fingerprint density at radius 2 is 1.86 bits per heavy atom. The highest BCUT2D eigenvalue weighted by atomic mass is 32.2. The second kappa shape index (κ2) is 9.01. The fourth-order valence-electron chi connectivity index (χ4n) is 3.33. The van der Waals surface area contributed by atoms with Gasteiger partial charge >= 0.3 is 10.3 Å². The molecule has 3 rings (SSSR count). The van der Waals surface area contributed by atoms with E-state index in [0.29, 0.717) is 24.0 Å². The molecule has 1 aromatic carbocycles. The van der Waals surface area contributed by atoms with Crippen LogP contribution in [0.4, 0.5) is 11.6 Å². The maximum absolute atomic E-state index is 11.0. The van der Waals surface area contributed by atoms with Crippen molar-refractivity contribution in [3.63, 3.8) is 0 Å². The molecule has 0 saturated heterocycles. The molecular formula is C18H25N5O5S. The lowest BCUT2D eigenvalue weighted by Crippen LogP contribution is -2.36. The van der Waals surface area contributed by atoms with Crippen LogP contribution in [-0.4, -0.2) is 53.5 Å². The molecule has 2 aromatic rings. The Balaban J connectivity index is 1.64. The molecule has 1 fully saturated rings. The maximum atomic E-state index is 11.0. The van der Waals surface area contributed by atoms with Crippen LogP contribution in [0.2, 0.25) is 0 Å². The molecular weight excluding hydrogens is 398 g/mol. The van der Waals surface area contributed by atoms with Gasteiger partial charge in [-0.05, 0) is 18.9 Å². The Bertz CT molecular complexity index is 927. The Morgan fingerprint density at radius 3 is 2.55 bits per heavy atom. The van der Waals surface area contributed by atoms with Gasteiger partial charge in [0, 0.05) is 18.5 Å². The average molecular weight is 423 g/mol. The van der Waals surface area contributed by atoms with Gasteiger partial charge in [-0.3, -0.25) is 4.18 Å². The van der Waals surface area contributed by atoms with Crippen LogP contribution in [0.1, 0.15) is 17.8 Å². The quantitative estimate of drug-likeness (QED) is 0.398. The lowest BCUT2D eigenvalue weighted by Gasteiger charge is -2.19. The third kappa shape index (κ3) is 6.08. The molecule has 11 heteroatoms. The summed E-state index contributed by atoms with van der Waals surface area (Å²) in [6, 6.07) is 11.0. The van der Waals surface area contributed by atoms with E-state index in [1.807, 2.05) is 30.3 Å². The first kappa shape index (κ1) is 21.4. The molecule has 4 atom stereocenters. The van der Waals surface area contributed by atoms with Crippen molar-refractivity contribution in [2.24, 2.45) is 11.1 Å². The summed E-state index contributed by atoms with van der Waals surface area (Å²) in [6.45, 7) is 2.04. The second-order valence-electron chi connectivity index (χ2n) is 7.03. The van der Waals surface area contributed by atoms with Gasteiger partial charge in [-0.25, -0.2) is 15.1 Å². The van der Waals surface area contributed by atoms with Crippen molar-refractivity contribution in [1.29, 1.82) is 0 Å². The minimum atomic E-state index is -4.11. The van der Waals surface area contributed by atoms with Crippen molar-refractivity contribution in [1.82, 2.24) is 9.97 Å². The van der Waals surface area contributed by atoms with Gasteiger partial charge in [-0.1, -0.05) is 30.3 Å². The van der Waals surface area contributed by atoms with E-state index in [9.17, 15) is 18.6 Å². The van der Waals surface area contributed by atoms with Crippen molar-refractivity contribution >= 4 is 21.9 Å². The number of rotatable bonds is 8. The topological polar surface area (TPSA) is 160 Å². The van der Waals surface area contributed by atoms with Gasteiger partial charge in [0.05, 0.1) is 18.8 Å². The summed E-state index contributed by atoms with van der Waals surface area (Å²) in [7, 11) is -4.11. The van der Waals surface area contributed by atoms with Crippen molar-refractivity contribution in [2.45, 2.75) is 38.1 Å². The summed E-state index contributed by atoms with van der Waals surface area (Å²) in [4.78, 5) is 8.67. The summed E-state index contributed by atoms with van der Waals surface area (Å²) >= 11 is 0. The molecule has 10 nitrogen and oxygen atoms in total. The lowest BCUT2D eigenvalue weighted by atomic mass is 10.1. The van der Waals surface area contributed by atoms with Crippen LogP contribution >= 0.6 is 0 Å². The van der Waals surface area contributed by atoms with E-state index in [1.165, 1.54) is 0 Å². The summed E-state index contributed by atoms with van der Waals surface area (Å²) in [5, 5.41) is 31.6. The Labute approximate surface area is 169 Å². The molecule has 1 aliphatic carbocycles. The summed E-state index contributed by atoms with van der Waals surface area (Å²) in [5.74, 6) is 1.05. The predicted molar refractivity (Wildman–Crippen MR) is 107 cm³/mol. The standard InChI is InChI=1S/C18H25N5O5S/c1-11-21-15(20-9-12-5-3-2-4-6-12)8-16(22-11)23-14-7-13(17(24)18(14)25)10-28-29(19,26)27/h2-6,8,13-14,17-18,24-25H,7,9-10H2,1H3,(H2,19,26,27)(H2,20,21,22,23)/t13-,14-,17-,18+/m1/s1. The predicted octanol–water partition coefficient (Wildman–Crippen LogP) is 0.139. The first-order valence-corrected chi connectivity index (χ1v) is 10.6. The number of aryl methyl sites for hydroxylation is 1. The van der Waals surface area contributed by atoms with Crippen molar-refractivity contribution in [2.75, 3.05) is 17.2 Å². The van der Waals surface area contributed by atoms with Crippen molar-refractivity contribution in [3.05, 3.63) is 47.8 Å².